The van der Waals surface area contributed by atoms with E-state index in [0.29, 0.717) is 12.6 Å². The molecule has 3 fully saturated rings. The maximum atomic E-state index is 12.1. The second-order valence-electron chi connectivity index (χ2n) is 13.1. The number of hydrogen-bond donors (Lipinski definition) is 3. The molecule has 0 aliphatic carbocycles. The zero-order chi connectivity index (χ0) is 32.6. The van der Waals surface area contributed by atoms with Crippen LogP contribution in [0.5, 0.6) is 0 Å². The number of rotatable bonds is 13. The van der Waals surface area contributed by atoms with Crippen LogP contribution in [0.15, 0.2) is 72.8 Å². The molecule has 0 spiro atoms. The molecule has 0 saturated carbocycles. The Morgan fingerprint density at radius 3 is 2.34 bits per heavy atom. The van der Waals surface area contributed by atoms with Crippen LogP contribution in [0.2, 0.25) is 0 Å². The molecule has 3 aliphatic heterocycles. The fraction of sp³-hybridized carbons (Fsp3) is 0.474. The molecular weight excluding hydrogens is 594 g/mol. The summed E-state index contributed by atoms with van der Waals surface area (Å²) in [7, 11) is 0. The average Bonchev–Trinajstić information content (AvgIpc) is 3.79. The van der Waals surface area contributed by atoms with Gasteiger partial charge < -0.3 is 29.9 Å². The zero-order valence-electron chi connectivity index (χ0n) is 27.1. The molecule has 4 atom stereocenters. The number of likely N-dealkylation sites (tertiary alicyclic amines) is 2. The van der Waals surface area contributed by atoms with Crippen molar-refractivity contribution in [2.24, 2.45) is 0 Å². The minimum Gasteiger partial charge on any atom is -0.481 e. The van der Waals surface area contributed by atoms with Crippen LogP contribution in [0.3, 0.4) is 0 Å². The number of amides is 1. The zero-order valence-corrected chi connectivity index (χ0v) is 27.1. The van der Waals surface area contributed by atoms with Gasteiger partial charge in [0.05, 0.1) is 25.2 Å². The monoisotopic (exact) mass is 641 g/mol. The molecule has 9 heteroatoms. The lowest BCUT2D eigenvalue weighted by molar-refractivity contribution is -0.253. The van der Waals surface area contributed by atoms with Crippen LogP contribution in [-0.4, -0.2) is 76.8 Å². The largest absolute Gasteiger partial charge is 0.481 e. The van der Waals surface area contributed by atoms with E-state index < -0.39 is 12.3 Å². The molecule has 4 unspecified atom stereocenters. The van der Waals surface area contributed by atoms with Crippen molar-refractivity contribution in [1.82, 2.24) is 15.1 Å². The Morgan fingerprint density at radius 2 is 1.57 bits per heavy atom. The van der Waals surface area contributed by atoms with E-state index in [0.717, 1.165) is 59.4 Å². The van der Waals surface area contributed by atoms with Gasteiger partial charge in [-0.15, -0.1) is 0 Å². The average molecular weight is 642 g/mol. The van der Waals surface area contributed by atoms with Gasteiger partial charge in [-0.25, -0.2) is 0 Å². The van der Waals surface area contributed by atoms with Gasteiger partial charge in [0.2, 0.25) is 5.91 Å². The van der Waals surface area contributed by atoms with Gasteiger partial charge in [0.25, 0.3) is 0 Å². The smallest absolute Gasteiger partial charge is 0.303 e. The van der Waals surface area contributed by atoms with Crippen LogP contribution in [0.4, 0.5) is 0 Å². The molecule has 3 heterocycles. The number of ether oxygens (including phenoxy) is 2. The van der Waals surface area contributed by atoms with Crippen molar-refractivity contribution in [2.75, 3.05) is 32.7 Å². The van der Waals surface area contributed by atoms with Crippen molar-refractivity contribution in [2.45, 2.75) is 82.6 Å². The Labute approximate surface area is 277 Å². The summed E-state index contributed by atoms with van der Waals surface area (Å²) in [6.07, 6.45) is 4.96. The summed E-state index contributed by atoms with van der Waals surface area (Å²) < 4.78 is 13.4. The van der Waals surface area contributed by atoms with Crippen LogP contribution < -0.4 is 5.32 Å². The molecule has 0 aromatic heterocycles. The number of carbonyl (C=O) groups is 2. The maximum Gasteiger partial charge on any atom is 0.303 e. The summed E-state index contributed by atoms with van der Waals surface area (Å²) in [5, 5.41) is 21.3. The van der Waals surface area contributed by atoms with E-state index >= 15 is 0 Å². The fourth-order valence-electron chi connectivity index (χ4n) is 7.14. The number of carbonyl (C=O) groups excluding carboxylic acids is 1. The van der Waals surface area contributed by atoms with Crippen LogP contribution in [0.1, 0.15) is 79.6 Å². The Morgan fingerprint density at radius 1 is 0.809 bits per heavy atom. The third-order valence-corrected chi connectivity index (χ3v) is 9.69. The topological polar surface area (TPSA) is 112 Å². The Balaban J connectivity index is 1.18. The number of aliphatic hydroxyl groups is 1. The second-order valence-corrected chi connectivity index (χ2v) is 13.1. The van der Waals surface area contributed by atoms with Gasteiger partial charge in [0.1, 0.15) is 0 Å². The van der Waals surface area contributed by atoms with Crippen molar-refractivity contribution < 1.29 is 29.3 Å². The minimum absolute atomic E-state index is 0.00664. The predicted octanol–water partition coefficient (Wildman–Crippen LogP) is 5.43. The number of carboxylic acids is 1. The van der Waals surface area contributed by atoms with E-state index in [1.807, 2.05) is 42.5 Å². The van der Waals surface area contributed by atoms with Gasteiger partial charge in [-0.05, 0) is 85.3 Å². The van der Waals surface area contributed by atoms with Gasteiger partial charge in [-0.2, -0.15) is 0 Å². The molecule has 9 nitrogen and oxygen atoms in total. The summed E-state index contributed by atoms with van der Waals surface area (Å²) in [5.41, 5.74) is 5.88. The van der Waals surface area contributed by atoms with Gasteiger partial charge in [0, 0.05) is 44.1 Å². The summed E-state index contributed by atoms with van der Waals surface area (Å²) >= 11 is 0. The molecule has 0 bridgehead atoms. The Bertz CT molecular complexity index is 1490. The minimum atomic E-state index is -0.983. The Kier molecular flexibility index (Phi) is 11.3. The molecule has 3 saturated heterocycles. The van der Waals surface area contributed by atoms with Crippen LogP contribution >= 0.6 is 0 Å². The van der Waals surface area contributed by atoms with Crippen molar-refractivity contribution >= 4 is 11.9 Å². The first kappa shape index (κ1) is 33.3. The number of benzene rings is 3. The van der Waals surface area contributed by atoms with E-state index in [1.165, 1.54) is 38.8 Å². The lowest BCUT2D eigenvalue weighted by Gasteiger charge is -2.39. The van der Waals surface area contributed by atoms with E-state index in [2.05, 4.69) is 45.4 Å². The highest BCUT2D eigenvalue weighted by molar-refractivity contribution is 5.80. The van der Waals surface area contributed by atoms with Gasteiger partial charge in [0.15, 0.2) is 6.29 Å². The van der Waals surface area contributed by atoms with Crippen LogP contribution in [0, 0.1) is 0 Å². The molecule has 6 rings (SSSR count). The molecule has 3 N–H and O–H groups in total. The first-order valence-electron chi connectivity index (χ1n) is 17.1. The SMILES string of the molecule is O=C(O)CCC(=O)NCc1cccc(-c2cccc(C3OC(CN4CCCC4CN4CCCC4)CC(c4ccc(CO)cc4)O3)c2)c1. The van der Waals surface area contributed by atoms with Crippen molar-refractivity contribution in [3.8, 4) is 11.1 Å². The van der Waals surface area contributed by atoms with E-state index in [4.69, 9.17) is 14.6 Å². The molecule has 0 radical (unpaired) electrons. The van der Waals surface area contributed by atoms with Crippen LogP contribution in [0.25, 0.3) is 11.1 Å². The summed E-state index contributed by atoms with van der Waals surface area (Å²) in [4.78, 5) is 28.1. The van der Waals surface area contributed by atoms with Crippen molar-refractivity contribution in [1.29, 1.82) is 0 Å². The number of carboxylic acid groups (broad SMARTS) is 1. The number of nitrogens with one attached hydrogen (secondary N) is 1. The number of aliphatic hydroxyl groups excluding tert-OH is 1. The number of hydrogen-bond acceptors (Lipinski definition) is 7. The molecular formula is C38H47N3O6. The molecule has 3 aliphatic rings. The quantitative estimate of drug-likeness (QED) is 0.227. The van der Waals surface area contributed by atoms with Gasteiger partial charge in [-0.3, -0.25) is 14.5 Å². The van der Waals surface area contributed by atoms with Crippen LogP contribution in [-0.2, 0) is 32.2 Å². The molecule has 1 amide bonds. The first-order valence-corrected chi connectivity index (χ1v) is 17.1. The molecule has 3 aromatic carbocycles. The third kappa shape index (κ3) is 9.06. The standard InChI is InChI=1S/C38H47N3O6/c42-26-27-11-13-29(14-12-27)35-22-34(25-41-19-5-10-33(41)24-40-17-1-2-18-40)46-38(47-35)32-9-4-8-31(21-32)30-7-3-6-28(20-30)23-39-36(43)15-16-37(44)45/h3-4,6-9,11-14,20-21,33-35,38,42H,1-2,5,10,15-19,22-26H2,(H,39,43)(H,44,45). The van der Waals surface area contributed by atoms with Crippen molar-refractivity contribution in [3.63, 3.8) is 0 Å². The van der Waals surface area contributed by atoms with E-state index in [1.54, 1.807) is 0 Å². The summed E-state index contributed by atoms with van der Waals surface area (Å²) in [5.74, 6) is -1.26. The first-order chi connectivity index (χ1) is 22.9. The van der Waals surface area contributed by atoms with Gasteiger partial charge in [-0.1, -0.05) is 60.7 Å². The lowest BCUT2D eigenvalue weighted by atomic mass is 9.98. The highest BCUT2D eigenvalue weighted by atomic mass is 16.7. The third-order valence-electron chi connectivity index (χ3n) is 9.69. The molecule has 47 heavy (non-hydrogen) atoms. The highest BCUT2D eigenvalue weighted by Gasteiger charge is 2.36. The lowest BCUT2D eigenvalue weighted by Crippen LogP contribution is -2.45. The highest BCUT2D eigenvalue weighted by Crippen LogP contribution is 2.39. The summed E-state index contributed by atoms with van der Waals surface area (Å²) in [6.45, 7) is 5.90. The molecule has 3 aromatic rings. The normalized spacial score (nSPS) is 23.6. The second kappa shape index (κ2) is 16.0. The maximum absolute atomic E-state index is 12.1. The predicted molar refractivity (Wildman–Crippen MR) is 179 cm³/mol. The fourth-order valence-corrected chi connectivity index (χ4v) is 7.14. The van der Waals surface area contributed by atoms with E-state index in [-0.39, 0.29) is 37.6 Å². The summed E-state index contributed by atoms with van der Waals surface area (Å²) in [6, 6.07) is 24.9. The molecule has 250 valence electrons. The van der Waals surface area contributed by atoms with Crippen molar-refractivity contribution in [3.05, 3.63) is 95.1 Å². The Hall–Kier alpha value is -3.60. The number of nitrogens with zero attached hydrogens (tertiary/aromatic N) is 2. The van der Waals surface area contributed by atoms with Gasteiger partial charge >= 0.3 is 5.97 Å². The van der Waals surface area contributed by atoms with E-state index in [9.17, 15) is 14.7 Å². The number of aliphatic carboxylic acids is 1.